The number of aromatic nitrogens is 2. The molecular weight excluding hydrogens is 264 g/mol. The lowest BCUT2D eigenvalue weighted by atomic mass is 9.64. The molecule has 2 N–H and O–H groups in total. The van der Waals surface area contributed by atoms with E-state index >= 15 is 0 Å². The van der Waals surface area contributed by atoms with E-state index in [0.29, 0.717) is 12.1 Å². The van der Waals surface area contributed by atoms with Crippen molar-refractivity contribution in [3.8, 4) is 0 Å². The van der Waals surface area contributed by atoms with Crippen LogP contribution in [-0.2, 0) is 4.74 Å². The third kappa shape index (κ3) is 3.12. The lowest BCUT2D eigenvalue weighted by Gasteiger charge is -2.52. The maximum atomic E-state index is 5.79. The highest BCUT2D eigenvalue weighted by atomic mass is 16.5. The van der Waals surface area contributed by atoms with Gasteiger partial charge in [0.25, 0.3) is 0 Å². The van der Waals surface area contributed by atoms with Crippen molar-refractivity contribution in [1.29, 1.82) is 0 Å². The summed E-state index contributed by atoms with van der Waals surface area (Å²) >= 11 is 0. The second-order valence-electron chi connectivity index (χ2n) is 6.32. The van der Waals surface area contributed by atoms with Gasteiger partial charge in [-0.2, -0.15) is 0 Å². The molecule has 118 valence electrons. The molecule has 21 heavy (non-hydrogen) atoms. The van der Waals surface area contributed by atoms with Gasteiger partial charge < -0.3 is 15.4 Å². The quantitative estimate of drug-likeness (QED) is 0.843. The predicted molar refractivity (Wildman–Crippen MR) is 86.9 cm³/mol. The van der Waals surface area contributed by atoms with Crippen LogP contribution in [-0.4, -0.2) is 35.3 Å². The summed E-state index contributed by atoms with van der Waals surface area (Å²) in [5, 5.41) is 6.89. The Kier molecular flexibility index (Phi) is 4.71. The second-order valence-corrected chi connectivity index (χ2v) is 6.32. The minimum Gasteiger partial charge on any atom is -0.378 e. The molecule has 0 aliphatic heterocycles. The summed E-state index contributed by atoms with van der Waals surface area (Å²) < 4.78 is 5.79. The van der Waals surface area contributed by atoms with E-state index in [1.807, 2.05) is 6.92 Å². The summed E-state index contributed by atoms with van der Waals surface area (Å²) in [6.07, 6.45) is 1.36. The van der Waals surface area contributed by atoms with Crippen LogP contribution in [0.3, 0.4) is 0 Å². The number of nitrogens with one attached hydrogen (secondary N) is 2. The van der Waals surface area contributed by atoms with Crippen LogP contribution >= 0.6 is 0 Å². The van der Waals surface area contributed by atoms with Gasteiger partial charge in [0.05, 0.1) is 6.10 Å². The fraction of sp³-hybridized carbons (Fsp3) is 0.750. The summed E-state index contributed by atoms with van der Waals surface area (Å²) in [6, 6.07) is 0.386. The standard InChI is InChI=1S/C16H28N4O/c1-7-17-14-10(3)15(19-11(4)18-14)20-12-9-13(21-8-2)16(12,5)6/h12-13H,7-9H2,1-6H3,(H2,17,18,19,20). The van der Waals surface area contributed by atoms with E-state index in [1.54, 1.807) is 0 Å². The maximum absolute atomic E-state index is 5.79. The first-order chi connectivity index (χ1) is 9.90. The van der Waals surface area contributed by atoms with Crippen LogP contribution in [0, 0.1) is 19.3 Å². The highest BCUT2D eigenvalue weighted by Crippen LogP contribution is 2.44. The number of nitrogens with zero attached hydrogens (tertiary/aromatic N) is 2. The number of anilines is 2. The maximum Gasteiger partial charge on any atom is 0.135 e. The molecule has 0 aromatic carbocycles. The first-order valence-corrected chi connectivity index (χ1v) is 7.87. The SMILES string of the molecule is CCNc1nc(C)nc(NC2CC(OCC)C2(C)C)c1C. The topological polar surface area (TPSA) is 59.1 Å². The summed E-state index contributed by atoms with van der Waals surface area (Å²) in [4.78, 5) is 9.04. The van der Waals surface area contributed by atoms with E-state index in [9.17, 15) is 0 Å². The van der Waals surface area contributed by atoms with Crippen LogP contribution in [0.15, 0.2) is 0 Å². The molecule has 2 rings (SSSR count). The molecule has 0 saturated heterocycles. The van der Waals surface area contributed by atoms with E-state index in [0.717, 1.165) is 42.6 Å². The van der Waals surface area contributed by atoms with Crippen LogP contribution in [0.2, 0.25) is 0 Å². The molecule has 1 fully saturated rings. The molecule has 1 aromatic heterocycles. The fourth-order valence-electron chi connectivity index (χ4n) is 2.89. The minimum atomic E-state index is 0.125. The van der Waals surface area contributed by atoms with Crippen molar-refractivity contribution in [1.82, 2.24) is 9.97 Å². The zero-order chi connectivity index (χ0) is 15.6. The molecule has 5 nitrogen and oxygen atoms in total. The highest BCUT2D eigenvalue weighted by Gasteiger charge is 2.49. The van der Waals surface area contributed by atoms with E-state index < -0.39 is 0 Å². The zero-order valence-corrected chi connectivity index (χ0v) is 14.1. The normalized spacial score (nSPS) is 23.5. The molecule has 1 heterocycles. The summed E-state index contributed by atoms with van der Waals surface area (Å²) in [7, 11) is 0. The van der Waals surface area contributed by atoms with E-state index in [2.05, 4.69) is 55.2 Å². The number of rotatable bonds is 6. The molecule has 1 aliphatic rings. The smallest absolute Gasteiger partial charge is 0.135 e. The monoisotopic (exact) mass is 292 g/mol. The number of hydrogen-bond donors (Lipinski definition) is 2. The fourth-order valence-corrected chi connectivity index (χ4v) is 2.89. The highest BCUT2D eigenvalue weighted by molar-refractivity contribution is 5.58. The Labute approximate surface area is 127 Å². The lowest BCUT2D eigenvalue weighted by Crippen LogP contribution is -2.58. The van der Waals surface area contributed by atoms with Gasteiger partial charge in [-0.25, -0.2) is 9.97 Å². The van der Waals surface area contributed by atoms with Crippen molar-refractivity contribution >= 4 is 11.6 Å². The number of hydrogen-bond acceptors (Lipinski definition) is 5. The second kappa shape index (κ2) is 6.18. The molecule has 0 amide bonds. The molecule has 5 heteroatoms. The van der Waals surface area contributed by atoms with Gasteiger partial charge in [0.15, 0.2) is 0 Å². The lowest BCUT2D eigenvalue weighted by molar-refractivity contribution is -0.0976. The van der Waals surface area contributed by atoms with Crippen LogP contribution in [0.25, 0.3) is 0 Å². The molecule has 0 bridgehead atoms. The Bertz CT molecular complexity index is 501. The molecule has 0 radical (unpaired) electrons. The molecule has 0 spiro atoms. The summed E-state index contributed by atoms with van der Waals surface area (Å²) in [5.41, 5.74) is 1.21. The van der Waals surface area contributed by atoms with Crippen molar-refractivity contribution in [2.45, 2.75) is 60.1 Å². The van der Waals surface area contributed by atoms with Gasteiger partial charge in [-0.05, 0) is 34.1 Å². The molecule has 1 aromatic rings. The molecule has 1 aliphatic carbocycles. The Morgan fingerprint density at radius 1 is 1.19 bits per heavy atom. The van der Waals surface area contributed by atoms with Crippen molar-refractivity contribution in [3.63, 3.8) is 0 Å². The first kappa shape index (κ1) is 16.0. The Hall–Kier alpha value is -1.36. The third-order valence-electron chi connectivity index (χ3n) is 4.46. The van der Waals surface area contributed by atoms with Crippen LogP contribution in [0.4, 0.5) is 11.6 Å². The van der Waals surface area contributed by atoms with Gasteiger partial charge >= 0.3 is 0 Å². The van der Waals surface area contributed by atoms with Crippen LogP contribution < -0.4 is 10.6 Å². The van der Waals surface area contributed by atoms with Crippen molar-refractivity contribution in [3.05, 3.63) is 11.4 Å². The minimum absolute atomic E-state index is 0.125. The van der Waals surface area contributed by atoms with Gasteiger partial charge in [0.2, 0.25) is 0 Å². The van der Waals surface area contributed by atoms with Crippen LogP contribution in [0.5, 0.6) is 0 Å². The van der Waals surface area contributed by atoms with Crippen molar-refractivity contribution < 1.29 is 4.74 Å². The Morgan fingerprint density at radius 2 is 1.86 bits per heavy atom. The Morgan fingerprint density at radius 3 is 2.43 bits per heavy atom. The number of aryl methyl sites for hydroxylation is 1. The predicted octanol–water partition coefficient (Wildman–Crippen LogP) is 3.14. The average Bonchev–Trinajstić information content (AvgIpc) is 2.42. The van der Waals surface area contributed by atoms with Gasteiger partial charge in [0.1, 0.15) is 17.5 Å². The van der Waals surface area contributed by atoms with E-state index in [1.165, 1.54) is 0 Å². The van der Waals surface area contributed by atoms with Crippen molar-refractivity contribution in [2.24, 2.45) is 5.41 Å². The molecule has 2 unspecified atom stereocenters. The van der Waals surface area contributed by atoms with Gasteiger partial charge in [-0.1, -0.05) is 13.8 Å². The summed E-state index contributed by atoms with van der Waals surface area (Å²) in [6.45, 7) is 14.3. The largest absolute Gasteiger partial charge is 0.378 e. The van der Waals surface area contributed by atoms with E-state index in [4.69, 9.17) is 4.74 Å². The van der Waals surface area contributed by atoms with Gasteiger partial charge in [-0.15, -0.1) is 0 Å². The van der Waals surface area contributed by atoms with Crippen molar-refractivity contribution in [2.75, 3.05) is 23.8 Å². The van der Waals surface area contributed by atoms with Gasteiger partial charge in [-0.3, -0.25) is 0 Å². The Balaban J connectivity index is 2.14. The van der Waals surface area contributed by atoms with E-state index in [-0.39, 0.29) is 5.41 Å². The van der Waals surface area contributed by atoms with Crippen LogP contribution in [0.1, 0.15) is 45.5 Å². The third-order valence-corrected chi connectivity index (χ3v) is 4.46. The molecular formula is C16H28N4O. The molecule has 2 atom stereocenters. The molecule has 1 saturated carbocycles. The van der Waals surface area contributed by atoms with Gasteiger partial charge in [0, 0.05) is 30.2 Å². The average molecular weight is 292 g/mol. The number of ether oxygens (including phenoxy) is 1. The summed E-state index contributed by atoms with van der Waals surface area (Å²) in [5.74, 6) is 2.65. The first-order valence-electron chi connectivity index (χ1n) is 7.87. The zero-order valence-electron chi connectivity index (χ0n) is 14.1.